The number of aryl methyl sites for hydroxylation is 1. The Morgan fingerprint density at radius 2 is 1.82 bits per heavy atom. The van der Waals surface area contributed by atoms with E-state index in [4.69, 9.17) is 0 Å². The number of rotatable bonds is 11. The van der Waals surface area contributed by atoms with Gasteiger partial charge in [0.1, 0.15) is 6.04 Å². The molecule has 0 aliphatic rings. The summed E-state index contributed by atoms with van der Waals surface area (Å²) in [5, 5.41) is 12.0. The summed E-state index contributed by atoms with van der Waals surface area (Å²) in [5.74, 6) is 0.153. The molecule has 3 amide bonds. The van der Waals surface area contributed by atoms with E-state index in [0.717, 1.165) is 29.1 Å². The molecule has 2 N–H and O–H groups in total. The summed E-state index contributed by atoms with van der Waals surface area (Å²) in [7, 11) is 0. The summed E-state index contributed by atoms with van der Waals surface area (Å²) in [5.41, 5.74) is 1.34. The molecule has 7 heteroatoms. The number of hydrogen-bond donors (Lipinski definition) is 2. The topological polar surface area (TPSA) is 86.7 Å². The van der Waals surface area contributed by atoms with E-state index in [1.54, 1.807) is 18.2 Å². The molecule has 156 valence electrons. The van der Waals surface area contributed by atoms with Gasteiger partial charge in [-0.15, -0.1) is 0 Å². The van der Waals surface area contributed by atoms with Gasteiger partial charge >= 0.3 is 12.0 Å². The van der Waals surface area contributed by atoms with Gasteiger partial charge in [-0.1, -0.05) is 51.3 Å². The molecule has 1 aromatic carbocycles. The maximum atomic E-state index is 12.8. The average Bonchev–Trinajstić information content (AvgIpc) is 2.67. The van der Waals surface area contributed by atoms with Crippen LogP contribution in [0.4, 0.5) is 4.79 Å². The highest BCUT2D eigenvalue weighted by atomic mass is 32.2. The molecule has 6 nitrogen and oxygen atoms in total. The van der Waals surface area contributed by atoms with Gasteiger partial charge < -0.3 is 10.4 Å². The van der Waals surface area contributed by atoms with E-state index < -0.39 is 23.9 Å². The van der Waals surface area contributed by atoms with Crippen LogP contribution < -0.4 is 5.32 Å². The second-order valence-corrected chi connectivity index (χ2v) is 7.96. The summed E-state index contributed by atoms with van der Waals surface area (Å²) in [4.78, 5) is 38.1. The third-order valence-corrected chi connectivity index (χ3v) is 5.87. The normalized spacial score (nSPS) is 11.9. The Labute approximate surface area is 172 Å². The van der Waals surface area contributed by atoms with Gasteiger partial charge in [0.25, 0.3) is 5.91 Å². The fourth-order valence-corrected chi connectivity index (χ4v) is 4.13. The van der Waals surface area contributed by atoms with Crippen molar-refractivity contribution in [2.24, 2.45) is 5.92 Å². The molecule has 0 bridgehead atoms. The molecule has 0 aromatic heterocycles. The van der Waals surface area contributed by atoms with E-state index in [9.17, 15) is 19.5 Å². The molecule has 0 fully saturated rings. The van der Waals surface area contributed by atoms with Gasteiger partial charge in [-0.25, -0.2) is 9.59 Å². The van der Waals surface area contributed by atoms with E-state index in [-0.39, 0.29) is 12.3 Å². The third kappa shape index (κ3) is 7.54. The number of aliphatic carboxylic acids is 1. The Morgan fingerprint density at radius 3 is 2.36 bits per heavy atom. The molecular formula is C21H32N2O4S. The first-order chi connectivity index (χ1) is 13.3. The van der Waals surface area contributed by atoms with E-state index in [1.807, 2.05) is 19.9 Å². The van der Waals surface area contributed by atoms with E-state index in [2.05, 4.69) is 19.2 Å². The Morgan fingerprint density at radius 1 is 1.14 bits per heavy atom. The van der Waals surface area contributed by atoms with Gasteiger partial charge in [0.2, 0.25) is 0 Å². The molecule has 0 spiro atoms. The number of nitrogens with zero attached hydrogens (tertiary/aromatic N) is 1. The molecule has 0 unspecified atom stereocenters. The molecule has 1 rings (SSSR count). The lowest BCUT2D eigenvalue weighted by atomic mass is 10.1. The van der Waals surface area contributed by atoms with Crippen LogP contribution in [0.5, 0.6) is 0 Å². The zero-order chi connectivity index (χ0) is 21.1. The summed E-state index contributed by atoms with van der Waals surface area (Å²) in [6.07, 6.45) is 2.68. The maximum absolute atomic E-state index is 12.8. The summed E-state index contributed by atoms with van der Waals surface area (Å²) in [6.45, 7) is 8.20. The quantitative estimate of drug-likeness (QED) is 0.574. The van der Waals surface area contributed by atoms with Crippen molar-refractivity contribution < 1.29 is 19.5 Å². The smallest absolute Gasteiger partial charge is 0.327 e. The SMILES string of the molecule is CCCN(C(=O)N[C@@H](CSCC(CC)CC)C(=O)O)C(=O)c1cccc(C)c1. The number of carbonyl (C=O) groups excluding carboxylic acids is 2. The van der Waals surface area contributed by atoms with Crippen LogP contribution in [0.1, 0.15) is 56.0 Å². The van der Waals surface area contributed by atoms with Crippen LogP contribution in [0.2, 0.25) is 0 Å². The van der Waals surface area contributed by atoms with Crippen LogP contribution in [0, 0.1) is 12.8 Å². The number of hydrogen-bond acceptors (Lipinski definition) is 4. The van der Waals surface area contributed by atoms with Gasteiger partial charge in [0, 0.05) is 17.9 Å². The monoisotopic (exact) mass is 408 g/mol. The Bertz CT molecular complexity index is 662. The first kappa shape index (κ1) is 24.0. The highest BCUT2D eigenvalue weighted by Gasteiger charge is 2.27. The third-order valence-electron chi connectivity index (χ3n) is 4.59. The van der Waals surface area contributed by atoms with Gasteiger partial charge in [0.05, 0.1) is 0 Å². The van der Waals surface area contributed by atoms with Crippen molar-refractivity contribution in [1.29, 1.82) is 0 Å². The molecule has 28 heavy (non-hydrogen) atoms. The van der Waals surface area contributed by atoms with Gasteiger partial charge in [0.15, 0.2) is 0 Å². The molecule has 0 saturated carbocycles. The second-order valence-electron chi connectivity index (χ2n) is 6.89. The maximum Gasteiger partial charge on any atom is 0.327 e. The fraction of sp³-hybridized carbons (Fsp3) is 0.571. The fourth-order valence-electron chi connectivity index (χ4n) is 2.73. The number of benzene rings is 1. The number of carbonyl (C=O) groups is 3. The Kier molecular flexibility index (Phi) is 10.7. The highest BCUT2D eigenvalue weighted by Crippen LogP contribution is 2.16. The van der Waals surface area contributed by atoms with Crippen molar-refractivity contribution in [2.45, 2.75) is 53.0 Å². The largest absolute Gasteiger partial charge is 0.480 e. The van der Waals surface area contributed by atoms with Crippen molar-refractivity contribution in [3.8, 4) is 0 Å². The second kappa shape index (κ2) is 12.4. The van der Waals surface area contributed by atoms with Crippen molar-refractivity contribution in [2.75, 3.05) is 18.1 Å². The molecule has 0 aliphatic heterocycles. The summed E-state index contributed by atoms with van der Waals surface area (Å²) >= 11 is 1.52. The molecule has 0 heterocycles. The van der Waals surface area contributed by atoms with Crippen molar-refractivity contribution in [1.82, 2.24) is 10.2 Å². The van der Waals surface area contributed by atoms with E-state index in [0.29, 0.717) is 17.9 Å². The Hall–Kier alpha value is -2.02. The van der Waals surface area contributed by atoms with Crippen LogP contribution in [0.15, 0.2) is 24.3 Å². The first-order valence-electron chi connectivity index (χ1n) is 9.83. The molecular weight excluding hydrogens is 376 g/mol. The predicted octanol–water partition coefficient (Wildman–Crippen LogP) is 4.18. The number of imide groups is 1. The van der Waals surface area contributed by atoms with E-state index in [1.165, 1.54) is 11.8 Å². The van der Waals surface area contributed by atoms with Crippen molar-refractivity contribution >= 4 is 29.7 Å². The standard InChI is InChI=1S/C21H32N2O4S/c1-5-11-23(19(24)17-10-8-9-15(4)12-17)21(27)22-18(20(25)26)14-28-13-16(6-2)7-3/h8-10,12,16,18H,5-7,11,13-14H2,1-4H3,(H,22,27)(H,25,26)/t18-/m0/s1. The predicted molar refractivity (Wildman–Crippen MR) is 114 cm³/mol. The lowest BCUT2D eigenvalue weighted by Gasteiger charge is -2.24. The number of urea groups is 1. The molecule has 0 saturated heterocycles. The van der Waals surface area contributed by atoms with Crippen LogP contribution in [0.3, 0.4) is 0 Å². The minimum Gasteiger partial charge on any atom is -0.480 e. The Balaban J connectivity index is 2.81. The lowest BCUT2D eigenvalue weighted by Crippen LogP contribution is -2.51. The summed E-state index contributed by atoms with van der Waals surface area (Å²) < 4.78 is 0. The minimum atomic E-state index is -1.09. The number of carboxylic acid groups (broad SMARTS) is 1. The molecule has 1 aromatic rings. The minimum absolute atomic E-state index is 0.228. The van der Waals surface area contributed by atoms with Crippen molar-refractivity contribution in [3.05, 3.63) is 35.4 Å². The number of thioether (sulfide) groups is 1. The lowest BCUT2D eigenvalue weighted by molar-refractivity contribution is -0.138. The molecule has 1 atom stereocenters. The van der Waals surface area contributed by atoms with Crippen LogP contribution in [-0.4, -0.2) is 52.0 Å². The molecule has 0 radical (unpaired) electrons. The van der Waals surface area contributed by atoms with Gasteiger partial charge in [-0.3, -0.25) is 9.69 Å². The van der Waals surface area contributed by atoms with Crippen LogP contribution in [0.25, 0.3) is 0 Å². The zero-order valence-electron chi connectivity index (χ0n) is 17.2. The van der Waals surface area contributed by atoms with Gasteiger partial charge in [-0.05, 0) is 37.1 Å². The summed E-state index contributed by atoms with van der Waals surface area (Å²) in [6, 6.07) is 5.32. The number of carboxylic acids is 1. The average molecular weight is 409 g/mol. The number of nitrogens with one attached hydrogen (secondary N) is 1. The first-order valence-corrected chi connectivity index (χ1v) is 11.0. The molecule has 0 aliphatic carbocycles. The van der Waals surface area contributed by atoms with Crippen molar-refractivity contribution in [3.63, 3.8) is 0 Å². The van der Waals surface area contributed by atoms with Crippen LogP contribution >= 0.6 is 11.8 Å². The van der Waals surface area contributed by atoms with Crippen LogP contribution in [-0.2, 0) is 4.79 Å². The number of amides is 3. The highest BCUT2D eigenvalue weighted by molar-refractivity contribution is 7.99. The van der Waals surface area contributed by atoms with E-state index >= 15 is 0 Å². The zero-order valence-corrected chi connectivity index (χ0v) is 18.1. The van der Waals surface area contributed by atoms with Gasteiger partial charge in [-0.2, -0.15) is 11.8 Å².